The topological polar surface area (TPSA) is 115 Å². The normalized spacial score (nSPS) is 15.1. The molecule has 0 aliphatic carbocycles. The molecule has 10 nitrogen and oxygen atoms in total. The van der Waals surface area contributed by atoms with Crippen molar-refractivity contribution in [1.29, 1.82) is 0 Å². The number of amides is 2. The van der Waals surface area contributed by atoms with Gasteiger partial charge in [0, 0.05) is 30.5 Å². The fourth-order valence-corrected chi connectivity index (χ4v) is 5.57. The minimum Gasteiger partial charge on any atom is -0.497 e. The second kappa shape index (κ2) is 10.3. The molecule has 0 radical (unpaired) electrons. The lowest BCUT2D eigenvalue weighted by atomic mass is 9.97. The van der Waals surface area contributed by atoms with E-state index in [1.54, 1.807) is 17.0 Å². The van der Waals surface area contributed by atoms with Crippen LogP contribution >= 0.6 is 11.3 Å². The van der Waals surface area contributed by atoms with Gasteiger partial charge in [-0.3, -0.25) is 9.59 Å². The Hall–Kier alpha value is -3.86. The van der Waals surface area contributed by atoms with Crippen molar-refractivity contribution in [2.24, 2.45) is 0 Å². The molecular formula is C26H29N7O3S. The second-order valence-corrected chi connectivity index (χ2v) is 10.2. The number of thiazole rings is 1. The maximum atomic E-state index is 13.2. The lowest BCUT2D eigenvalue weighted by molar-refractivity contribution is 0.0704. The number of aromatic nitrogens is 5. The fourth-order valence-electron chi connectivity index (χ4n) is 4.60. The molecule has 1 aromatic carbocycles. The van der Waals surface area contributed by atoms with Gasteiger partial charge < -0.3 is 15.0 Å². The van der Waals surface area contributed by atoms with Crippen LogP contribution in [-0.2, 0) is 0 Å². The maximum Gasteiger partial charge on any atom is 0.276 e. The smallest absolute Gasteiger partial charge is 0.276 e. The third kappa shape index (κ3) is 5.04. The number of benzene rings is 1. The van der Waals surface area contributed by atoms with Crippen molar-refractivity contribution in [2.75, 3.05) is 20.2 Å². The summed E-state index contributed by atoms with van der Waals surface area (Å²) < 4.78 is 6.94. The number of carbonyl (C=O) groups is 2. The number of hydrogen-bond acceptors (Lipinski definition) is 8. The molecule has 1 atom stereocenters. The van der Waals surface area contributed by atoms with E-state index in [1.165, 1.54) is 11.3 Å². The Kier molecular flexibility index (Phi) is 6.88. The quantitative estimate of drug-likeness (QED) is 0.413. The van der Waals surface area contributed by atoms with Crippen LogP contribution in [0.3, 0.4) is 0 Å². The first-order valence-corrected chi connectivity index (χ1v) is 13.1. The van der Waals surface area contributed by atoms with E-state index < -0.39 is 0 Å². The number of methoxy groups -OCH3 is 1. The second-order valence-electron chi connectivity index (χ2n) is 9.30. The zero-order valence-electron chi connectivity index (χ0n) is 21.3. The zero-order chi connectivity index (χ0) is 26.1. The number of rotatable bonds is 6. The van der Waals surface area contributed by atoms with E-state index in [0.29, 0.717) is 35.8 Å². The van der Waals surface area contributed by atoms with Crippen LogP contribution in [0.2, 0.25) is 0 Å². The first-order valence-electron chi connectivity index (χ1n) is 12.2. The minimum absolute atomic E-state index is 0.135. The SMILES string of the molecule is COc1cccc(C(C)NC(=O)c2csc(C3CCN(C(=O)c4nnc5cc(C)nn5c4C)CC3)n2)c1. The monoisotopic (exact) mass is 519 g/mol. The fraction of sp³-hybridized carbons (Fsp3) is 0.385. The van der Waals surface area contributed by atoms with Gasteiger partial charge >= 0.3 is 0 Å². The Morgan fingerprint density at radius 2 is 1.95 bits per heavy atom. The third-order valence-corrected chi connectivity index (χ3v) is 7.76. The number of nitrogens with zero attached hydrogens (tertiary/aromatic N) is 6. The van der Waals surface area contributed by atoms with Crippen molar-refractivity contribution in [1.82, 2.24) is 35.0 Å². The van der Waals surface area contributed by atoms with E-state index >= 15 is 0 Å². The number of ether oxygens (including phenoxy) is 1. The summed E-state index contributed by atoms with van der Waals surface area (Å²) >= 11 is 1.50. The van der Waals surface area contributed by atoms with Crippen LogP contribution in [0.1, 0.15) is 74.7 Å². The Morgan fingerprint density at radius 3 is 2.70 bits per heavy atom. The standard InChI is InChI=1S/C26H29N7O3S/c1-15-12-22-29-30-23(17(3)33(22)31-15)26(35)32-10-8-18(9-11-32)25-28-21(14-37-25)24(34)27-16(2)19-6-5-7-20(13-19)36-4/h5-7,12-14,16,18H,8-11H2,1-4H3,(H,27,34). The highest BCUT2D eigenvalue weighted by atomic mass is 32.1. The van der Waals surface area contributed by atoms with E-state index in [9.17, 15) is 9.59 Å². The highest BCUT2D eigenvalue weighted by molar-refractivity contribution is 7.09. The highest BCUT2D eigenvalue weighted by Gasteiger charge is 2.29. The molecule has 4 aromatic rings. The molecule has 1 unspecified atom stereocenters. The van der Waals surface area contributed by atoms with E-state index in [4.69, 9.17) is 4.74 Å². The number of fused-ring (bicyclic) bond motifs is 1. The van der Waals surface area contributed by atoms with E-state index in [1.807, 2.05) is 56.0 Å². The maximum absolute atomic E-state index is 13.2. The van der Waals surface area contributed by atoms with E-state index in [2.05, 4.69) is 25.6 Å². The van der Waals surface area contributed by atoms with Crippen molar-refractivity contribution in [2.45, 2.75) is 45.6 Å². The molecule has 5 rings (SSSR count). The van der Waals surface area contributed by atoms with Gasteiger partial charge in [-0.05, 0) is 51.3 Å². The Balaban J connectivity index is 1.20. The molecule has 0 saturated carbocycles. The minimum atomic E-state index is -0.205. The van der Waals surface area contributed by atoms with Crippen molar-refractivity contribution in [3.8, 4) is 5.75 Å². The summed E-state index contributed by atoms with van der Waals surface area (Å²) in [6.45, 7) is 6.84. The number of carbonyl (C=O) groups excluding carboxylic acids is 2. The largest absolute Gasteiger partial charge is 0.497 e. The summed E-state index contributed by atoms with van der Waals surface area (Å²) in [6.07, 6.45) is 1.55. The van der Waals surface area contributed by atoms with Crippen LogP contribution in [0, 0.1) is 13.8 Å². The Labute approximate surface area is 218 Å². The molecule has 37 heavy (non-hydrogen) atoms. The third-order valence-electron chi connectivity index (χ3n) is 6.76. The van der Waals surface area contributed by atoms with Gasteiger partial charge in [0.1, 0.15) is 11.4 Å². The molecule has 0 spiro atoms. The molecular weight excluding hydrogens is 490 g/mol. The van der Waals surface area contributed by atoms with Crippen LogP contribution in [0.15, 0.2) is 35.7 Å². The van der Waals surface area contributed by atoms with Gasteiger partial charge in [0.25, 0.3) is 11.8 Å². The van der Waals surface area contributed by atoms with Crippen molar-refractivity contribution in [3.63, 3.8) is 0 Å². The molecule has 0 bridgehead atoms. The summed E-state index contributed by atoms with van der Waals surface area (Å²) in [7, 11) is 1.62. The summed E-state index contributed by atoms with van der Waals surface area (Å²) in [5.74, 6) is 0.612. The number of piperidine rings is 1. The molecule has 1 fully saturated rings. The van der Waals surface area contributed by atoms with Gasteiger partial charge in [-0.1, -0.05) is 12.1 Å². The summed E-state index contributed by atoms with van der Waals surface area (Å²) in [4.78, 5) is 32.5. The molecule has 1 aliphatic rings. The number of hydrogen-bond donors (Lipinski definition) is 1. The van der Waals surface area contributed by atoms with Gasteiger partial charge in [-0.25, -0.2) is 9.50 Å². The average Bonchev–Trinajstić information content (AvgIpc) is 3.56. The van der Waals surface area contributed by atoms with Gasteiger partial charge in [0.15, 0.2) is 11.3 Å². The number of likely N-dealkylation sites (tertiary alicyclic amines) is 1. The predicted molar refractivity (Wildman–Crippen MR) is 139 cm³/mol. The van der Waals surface area contributed by atoms with E-state index in [-0.39, 0.29) is 23.8 Å². The first-order chi connectivity index (χ1) is 17.8. The lowest BCUT2D eigenvalue weighted by Crippen LogP contribution is -2.39. The van der Waals surface area contributed by atoms with Gasteiger partial charge in [0.05, 0.1) is 29.5 Å². The van der Waals surface area contributed by atoms with E-state index in [0.717, 1.165) is 34.9 Å². The molecule has 4 heterocycles. The number of nitrogens with one attached hydrogen (secondary N) is 1. The van der Waals surface area contributed by atoms with Crippen molar-refractivity contribution >= 4 is 28.8 Å². The lowest BCUT2D eigenvalue weighted by Gasteiger charge is -2.31. The Bertz CT molecular complexity index is 1460. The van der Waals surface area contributed by atoms with Crippen LogP contribution in [-0.4, -0.2) is 61.7 Å². The summed E-state index contributed by atoms with van der Waals surface area (Å²) in [6, 6.07) is 9.29. The summed E-state index contributed by atoms with van der Waals surface area (Å²) in [5, 5.41) is 18.5. The summed E-state index contributed by atoms with van der Waals surface area (Å²) in [5.41, 5.74) is 3.85. The molecule has 1 saturated heterocycles. The van der Waals surface area contributed by atoms with Crippen molar-refractivity contribution < 1.29 is 14.3 Å². The predicted octanol–water partition coefficient (Wildman–Crippen LogP) is 3.72. The van der Waals surface area contributed by atoms with Gasteiger partial charge in [0.2, 0.25) is 0 Å². The molecule has 1 N–H and O–H groups in total. The Morgan fingerprint density at radius 1 is 1.16 bits per heavy atom. The molecule has 3 aromatic heterocycles. The zero-order valence-corrected chi connectivity index (χ0v) is 22.1. The molecule has 1 aliphatic heterocycles. The average molecular weight is 520 g/mol. The molecule has 2 amide bonds. The number of aryl methyl sites for hydroxylation is 2. The van der Waals surface area contributed by atoms with Crippen LogP contribution in [0.25, 0.3) is 5.65 Å². The van der Waals surface area contributed by atoms with Gasteiger partial charge in [-0.15, -0.1) is 21.5 Å². The van der Waals surface area contributed by atoms with Crippen LogP contribution in [0.5, 0.6) is 5.75 Å². The molecule has 11 heteroatoms. The highest BCUT2D eigenvalue weighted by Crippen LogP contribution is 2.31. The molecule has 192 valence electrons. The first kappa shape index (κ1) is 24.8. The van der Waals surface area contributed by atoms with Crippen molar-refractivity contribution in [3.05, 3.63) is 69.1 Å². The van der Waals surface area contributed by atoms with Gasteiger partial charge in [-0.2, -0.15) is 5.10 Å². The van der Waals surface area contributed by atoms with Crippen LogP contribution in [0.4, 0.5) is 0 Å². The van der Waals surface area contributed by atoms with Crippen LogP contribution < -0.4 is 10.1 Å².